The number of hydrogen-bond donors (Lipinski definition) is 1. The van der Waals surface area contributed by atoms with Crippen molar-refractivity contribution in [2.24, 2.45) is 0 Å². The summed E-state index contributed by atoms with van der Waals surface area (Å²) >= 11 is 0. The summed E-state index contributed by atoms with van der Waals surface area (Å²) < 4.78 is 15.8. The summed E-state index contributed by atoms with van der Waals surface area (Å²) in [5, 5.41) is 2.82. The van der Waals surface area contributed by atoms with E-state index in [1.54, 1.807) is 51.8 Å². The zero-order valence-electron chi connectivity index (χ0n) is 12.8. The number of amides is 1. The van der Waals surface area contributed by atoms with Crippen LogP contribution in [0.25, 0.3) is 0 Å². The second-order valence-corrected chi connectivity index (χ2v) is 4.46. The summed E-state index contributed by atoms with van der Waals surface area (Å²) in [7, 11) is 4.65. The van der Waals surface area contributed by atoms with Crippen molar-refractivity contribution in [1.29, 1.82) is 0 Å². The lowest BCUT2D eigenvalue weighted by molar-refractivity contribution is 0.0950. The van der Waals surface area contributed by atoms with Gasteiger partial charge in [0.2, 0.25) is 5.75 Å². The van der Waals surface area contributed by atoms with Crippen molar-refractivity contribution in [2.75, 3.05) is 21.3 Å². The second kappa shape index (κ2) is 7.31. The molecule has 6 nitrogen and oxygen atoms in total. The van der Waals surface area contributed by atoms with Gasteiger partial charge < -0.3 is 19.5 Å². The van der Waals surface area contributed by atoms with Gasteiger partial charge in [0.25, 0.3) is 5.91 Å². The maximum absolute atomic E-state index is 12.0. The number of ether oxygens (including phenoxy) is 3. The van der Waals surface area contributed by atoms with Gasteiger partial charge in [0.1, 0.15) is 0 Å². The minimum atomic E-state index is -0.193. The lowest BCUT2D eigenvalue weighted by Crippen LogP contribution is -2.22. The van der Waals surface area contributed by atoms with Crippen LogP contribution in [0.3, 0.4) is 0 Å². The number of hydrogen-bond acceptors (Lipinski definition) is 5. The minimum absolute atomic E-state index is 0.193. The zero-order valence-corrected chi connectivity index (χ0v) is 12.8. The van der Waals surface area contributed by atoms with Crippen LogP contribution < -0.4 is 19.5 Å². The van der Waals surface area contributed by atoms with Gasteiger partial charge in [0.05, 0.1) is 26.9 Å². The highest BCUT2D eigenvalue weighted by molar-refractivity contribution is 5.93. The summed E-state index contributed by atoms with van der Waals surface area (Å²) in [5.74, 6) is 1.43. The van der Waals surface area contributed by atoms with E-state index in [9.17, 15) is 4.79 Å². The Morgan fingerprint density at radius 3 is 2.32 bits per heavy atom. The van der Waals surface area contributed by atoms with Crippen molar-refractivity contribution >= 4 is 5.91 Å². The molecular weight excluding hydrogens is 284 g/mol. The van der Waals surface area contributed by atoms with E-state index in [2.05, 4.69) is 10.3 Å². The third kappa shape index (κ3) is 3.46. The number of pyridine rings is 1. The molecule has 0 saturated carbocycles. The first-order valence-corrected chi connectivity index (χ1v) is 6.66. The fourth-order valence-electron chi connectivity index (χ4n) is 2.02. The molecule has 0 saturated heterocycles. The number of nitrogens with zero attached hydrogens (tertiary/aromatic N) is 1. The Bertz CT molecular complexity index is 619. The molecule has 1 aromatic carbocycles. The number of aromatic nitrogens is 1. The highest BCUT2D eigenvalue weighted by atomic mass is 16.5. The van der Waals surface area contributed by atoms with E-state index in [1.807, 2.05) is 0 Å². The fraction of sp³-hybridized carbons (Fsp3) is 0.250. The van der Waals surface area contributed by atoms with E-state index in [0.717, 1.165) is 5.56 Å². The summed E-state index contributed by atoms with van der Waals surface area (Å²) in [6, 6.07) is 7.02. The lowest BCUT2D eigenvalue weighted by atomic mass is 10.1. The van der Waals surface area contributed by atoms with Crippen LogP contribution in [0.1, 0.15) is 15.9 Å². The zero-order chi connectivity index (χ0) is 15.9. The fourth-order valence-corrected chi connectivity index (χ4v) is 2.02. The molecule has 116 valence electrons. The summed E-state index contributed by atoms with van der Waals surface area (Å²) in [6.45, 7) is 0.338. The van der Waals surface area contributed by atoms with E-state index < -0.39 is 0 Å². The molecule has 22 heavy (non-hydrogen) atoms. The summed E-state index contributed by atoms with van der Waals surface area (Å²) in [4.78, 5) is 15.9. The Kier molecular flexibility index (Phi) is 5.19. The van der Waals surface area contributed by atoms with E-state index >= 15 is 0 Å². The minimum Gasteiger partial charge on any atom is -0.493 e. The monoisotopic (exact) mass is 302 g/mol. The predicted molar refractivity (Wildman–Crippen MR) is 81.5 cm³/mol. The van der Waals surface area contributed by atoms with Gasteiger partial charge in [-0.05, 0) is 29.8 Å². The SMILES string of the molecule is COc1cc(CNC(=O)c2cccnc2)cc(OC)c1OC. The van der Waals surface area contributed by atoms with E-state index in [0.29, 0.717) is 29.4 Å². The molecule has 6 heteroatoms. The van der Waals surface area contributed by atoms with Crippen LogP contribution in [0.2, 0.25) is 0 Å². The van der Waals surface area contributed by atoms with Crippen LogP contribution in [0.15, 0.2) is 36.7 Å². The van der Waals surface area contributed by atoms with Gasteiger partial charge >= 0.3 is 0 Å². The van der Waals surface area contributed by atoms with Gasteiger partial charge in [-0.2, -0.15) is 0 Å². The van der Waals surface area contributed by atoms with Crippen LogP contribution in [0, 0.1) is 0 Å². The molecule has 2 rings (SSSR count). The molecule has 0 fully saturated rings. The highest BCUT2D eigenvalue weighted by Gasteiger charge is 2.13. The normalized spacial score (nSPS) is 9.95. The summed E-state index contributed by atoms with van der Waals surface area (Å²) in [5.41, 5.74) is 1.35. The maximum Gasteiger partial charge on any atom is 0.253 e. The smallest absolute Gasteiger partial charge is 0.253 e. The molecule has 0 aliphatic rings. The maximum atomic E-state index is 12.0. The lowest BCUT2D eigenvalue weighted by Gasteiger charge is -2.14. The first-order chi connectivity index (χ1) is 10.7. The van der Waals surface area contributed by atoms with Crippen LogP contribution in [-0.2, 0) is 6.54 Å². The molecule has 1 heterocycles. The number of carbonyl (C=O) groups excluding carboxylic acids is 1. The van der Waals surface area contributed by atoms with Gasteiger partial charge in [-0.1, -0.05) is 0 Å². The van der Waals surface area contributed by atoms with Crippen molar-refractivity contribution in [3.63, 3.8) is 0 Å². The van der Waals surface area contributed by atoms with Crippen LogP contribution in [-0.4, -0.2) is 32.2 Å². The van der Waals surface area contributed by atoms with Crippen molar-refractivity contribution in [2.45, 2.75) is 6.54 Å². The number of benzene rings is 1. The quantitative estimate of drug-likeness (QED) is 0.884. The molecular formula is C16H18N2O4. The number of carbonyl (C=O) groups is 1. The Hall–Kier alpha value is -2.76. The van der Waals surface area contributed by atoms with Crippen molar-refractivity contribution in [3.8, 4) is 17.2 Å². The topological polar surface area (TPSA) is 69.7 Å². The van der Waals surface area contributed by atoms with E-state index in [-0.39, 0.29) is 5.91 Å². The third-order valence-electron chi connectivity index (χ3n) is 3.10. The van der Waals surface area contributed by atoms with Crippen LogP contribution >= 0.6 is 0 Å². The molecule has 2 aromatic rings. The number of rotatable bonds is 6. The van der Waals surface area contributed by atoms with Crippen LogP contribution in [0.4, 0.5) is 0 Å². The first kappa shape index (κ1) is 15.6. The van der Waals surface area contributed by atoms with Gasteiger partial charge in [0.15, 0.2) is 11.5 Å². The standard InChI is InChI=1S/C16H18N2O4/c1-20-13-7-11(8-14(21-2)15(13)22-3)9-18-16(19)12-5-4-6-17-10-12/h4-8,10H,9H2,1-3H3,(H,18,19). The van der Waals surface area contributed by atoms with Crippen molar-refractivity contribution < 1.29 is 19.0 Å². The molecule has 0 bridgehead atoms. The van der Waals surface area contributed by atoms with Gasteiger partial charge in [-0.25, -0.2) is 0 Å². The number of methoxy groups -OCH3 is 3. The first-order valence-electron chi connectivity index (χ1n) is 6.66. The molecule has 0 spiro atoms. The van der Waals surface area contributed by atoms with Crippen LogP contribution in [0.5, 0.6) is 17.2 Å². The van der Waals surface area contributed by atoms with E-state index in [1.165, 1.54) is 6.20 Å². The largest absolute Gasteiger partial charge is 0.493 e. The Labute approximate surface area is 129 Å². The average Bonchev–Trinajstić information content (AvgIpc) is 2.59. The Morgan fingerprint density at radius 1 is 1.14 bits per heavy atom. The molecule has 0 aliphatic heterocycles. The van der Waals surface area contributed by atoms with Crippen molar-refractivity contribution in [3.05, 3.63) is 47.8 Å². The summed E-state index contributed by atoms with van der Waals surface area (Å²) in [6.07, 6.45) is 3.14. The predicted octanol–water partition coefficient (Wildman–Crippen LogP) is 2.04. The molecule has 0 unspecified atom stereocenters. The molecule has 0 aliphatic carbocycles. The molecule has 1 amide bonds. The molecule has 0 radical (unpaired) electrons. The van der Waals surface area contributed by atoms with Gasteiger partial charge in [-0.15, -0.1) is 0 Å². The molecule has 0 atom stereocenters. The average molecular weight is 302 g/mol. The van der Waals surface area contributed by atoms with E-state index in [4.69, 9.17) is 14.2 Å². The second-order valence-electron chi connectivity index (χ2n) is 4.46. The van der Waals surface area contributed by atoms with Gasteiger partial charge in [-0.3, -0.25) is 9.78 Å². The van der Waals surface area contributed by atoms with Crippen molar-refractivity contribution in [1.82, 2.24) is 10.3 Å². The third-order valence-corrected chi connectivity index (χ3v) is 3.10. The Balaban J connectivity index is 2.14. The number of nitrogens with one attached hydrogen (secondary N) is 1. The molecule has 1 N–H and O–H groups in total. The Morgan fingerprint density at radius 2 is 1.82 bits per heavy atom. The molecule has 1 aromatic heterocycles. The highest BCUT2D eigenvalue weighted by Crippen LogP contribution is 2.38. The van der Waals surface area contributed by atoms with Gasteiger partial charge in [0, 0.05) is 18.9 Å².